The number of carbonyl (C=O) groups is 5. The molecule has 2 aliphatic heterocycles. The molecule has 18 heteroatoms. The number of hydrogen-bond donors (Lipinski definition) is 4. The van der Waals surface area contributed by atoms with Gasteiger partial charge in [-0.1, -0.05) is 65.2 Å². The number of imide groups is 2. The van der Waals surface area contributed by atoms with E-state index in [0.717, 1.165) is 17.0 Å². The number of ether oxygens (including phenoxy) is 1. The van der Waals surface area contributed by atoms with Crippen LogP contribution in [0.1, 0.15) is 39.9 Å². The van der Waals surface area contributed by atoms with Gasteiger partial charge in [-0.2, -0.15) is 18.2 Å². The number of pyridine rings is 1. The standard InChI is InChI=1S/C42H31Cl2F3N4O9/c1-60-33-14-19(3-13-31(33)52)2-12-28-24-10-11-26-34(38(56)50(36(26)54)23-8-9-25(39(57)58)32(53)16-23)27(24)17-29-37(55)51(40(59)41(28,29)20-4-6-22(43)7-5-20)49-35-30(44)15-21(18-48-35)42(45,46)47/h2-10,12-16,18,26-29,34,52-53H,11,17H2,1H3,(H,48,49)(H,57,58). The molecule has 308 valence electrons. The Morgan fingerprint density at radius 2 is 1.68 bits per heavy atom. The Kier molecular flexibility index (Phi) is 9.90. The van der Waals surface area contributed by atoms with Gasteiger partial charge in [0.05, 0.1) is 46.6 Å². The van der Waals surface area contributed by atoms with Crippen molar-refractivity contribution in [3.8, 4) is 17.2 Å². The van der Waals surface area contributed by atoms with E-state index in [1.54, 1.807) is 42.5 Å². The number of fused-ring (bicyclic) bond motifs is 4. The molecule has 6 atom stereocenters. The van der Waals surface area contributed by atoms with Crippen LogP contribution in [0.3, 0.4) is 0 Å². The summed E-state index contributed by atoms with van der Waals surface area (Å²) in [4.78, 5) is 75.0. The van der Waals surface area contributed by atoms with Gasteiger partial charge < -0.3 is 20.1 Å². The Morgan fingerprint density at radius 1 is 0.950 bits per heavy atom. The van der Waals surface area contributed by atoms with Gasteiger partial charge >= 0.3 is 12.1 Å². The second-order valence-electron chi connectivity index (χ2n) is 14.8. The summed E-state index contributed by atoms with van der Waals surface area (Å²) in [6, 6.07) is 14.7. The van der Waals surface area contributed by atoms with E-state index in [4.69, 9.17) is 27.9 Å². The van der Waals surface area contributed by atoms with Crippen molar-refractivity contribution in [3.63, 3.8) is 0 Å². The molecule has 13 nitrogen and oxygen atoms in total. The van der Waals surface area contributed by atoms with Crippen LogP contribution in [0.5, 0.6) is 17.2 Å². The van der Waals surface area contributed by atoms with Crippen molar-refractivity contribution < 1.29 is 57.2 Å². The van der Waals surface area contributed by atoms with Crippen LogP contribution in [0.15, 0.2) is 90.7 Å². The van der Waals surface area contributed by atoms with Crippen molar-refractivity contribution in [1.29, 1.82) is 0 Å². The zero-order chi connectivity index (χ0) is 43.0. The molecule has 2 saturated heterocycles. The lowest BCUT2D eigenvalue weighted by molar-refractivity contribution is -0.139. The van der Waals surface area contributed by atoms with Crippen LogP contribution in [0.2, 0.25) is 10.0 Å². The number of nitrogens with one attached hydrogen (secondary N) is 1. The van der Waals surface area contributed by atoms with Crippen molar-refractivity contribution in [1.82, 2.24) is 9.99 Å². The number of hydrogen-bond acceptors (Lipinski definition) is 10. The number of benzene rings is 3. The van der Waals surface area contributed by atoms with Gasteiger partial charge in [0.25, 0.3) is 11.8 Å². The maximum absolute atomic E-state index is 15.3. The van der Waals surface area contributed by atoms with Crippen LogP contribution in [0, 0.1) is 29.6 Å². The van der Waals surface area contributed by atoms with Gasteiger partial charge in [0.2, 0.25) is 11.8 Å². The Bertz CT molecular complexity index is 2580. The van der Waals surface area contributed by atoms with Crippen molar-refractivity contribution in [2.45, 2.75) is 24.4 Å². The van der Waals surface area contributed by atoms with Crippen LogP contribution < -0.4 is 15.1 Å². The van der Waals surface area contributed by atoms with E-state index in [1.807, 2.05) is 0 Å². The predicted octanol–water partition coefficient (Wildman–Crippen LogP) is 7.26. The monoisotopic (exact) mass is 862 g/mol. The first-order chi connectivity index (χ1) is 28.5. The number of amides is 4. The first kappa shape index (κ1) is 40.4. The molecule has 1 aromatic heterocycles. The molecule has 1 saturated carbocycles. The highest BCUT2D eigenvalue weighted by atomic mass is 35.5. The van der Waals surface area contributed by atoms with E-state index in [1.165, 1.54) is 31.4 Å². The quantitative estimate of drug-likeness (QED) is 0.103. The number of allylic oxidation sites excluding steroid dienone is 3. The number of carboxylic acid groups (broad SMARTS) is 1. The largest absolute Gasteiger partial charge is 0.507 e. The minimum atomic E-state index is -4.79. The lowest BCUT2D eigenvalue weighted by Gasteiger charge is -2.49. The Labute approximate surface area is 348 Å². The number of anilines is 2. The van der Waals surface area contributed by atoms with Gasteiger partial charge in [0.1, 0.15) is 11.3 Å². The molecule has 2 aliphatic carbocycles. The Morgan fingerprint density at radius 3 is 2.33 bits per heavy atom. The number of nitrogens with zero attached hydrogens (tertiary/aromatic N) is 3. The smallest absolute Gasteiger partial charge is 0.417 e. The highest BCUT2D eigenvalue weighted by molar-refractivity contribution is 6.33. The number of aromatic nitrogens is 1. The lowest BCUT2D eigenvalue weighted by Crippen LogP contribution is -2.54. The third kappa shape index (κ3) is 6.32. The number of phenols is 2. The van der Waals surface area contributed by atoms with Gasteiger partial charge in [-0.3, -0.25) is 24.6 Å². The molecule has 0 spiro atoms. The van der Waals surface area contributed by atoms with E-state index in [2.05, 4.69) is 10.4 Å². The fourth-order valence-corrected chi connectivity index (χ4v) is 9.46. The number of aromatic carboxylic acids is 1. The summed E-state index contributed by atoms with van der Waals surface area (Å²) >= 11 is 12.6. The highest BCUT2D eigenvalue weighted by Gasteiger charge is 2.69. The number of halogens is 5. The summed E-state index contributed by atoms with van der Waals surface area (Å²) in [6.45, 7) is 0. The molecule has 4 aromatic rings. The first-order valence-electron chi connectivity index (χ1n) is 18.3. The van der Waals surface area contributed by atoms with Crippen molar-refractivity contribution in [2.24, 2.45) is 29.6 Å². The number of methoxy groups -OCH3 is 1. The number of carboxylic acids is 1. The molecule has 8 rings (SSSR count). The zero-order valence-electron chi connectivity index (χ0n) is 31.0. The summed E-state index contributed by atoms with van der Waals surface area (Å²) < 4.78 is 45.8. The number of rotatable bonds is 8. The van der Waals surface area contributed by atoms with Crippen LogP contribution >= 0.6 is 23.2 Å². The van der Waals surface area contributed by atoms with Gasteiger partial charge in [0.15, 0.2) is 17.3 Å². The zero-order valence-corrected chi connectivity index (χ0v) is 32.5. The van der Waals surface area contributed by atoms with Crippen LogP contribution in [-0.4, -0.2) is 62.0 Å². The summed E-state index contributed by atoms with van der Waals surface area (Å²) in [6.07, 6.45) is 0.702. The summed E-state index contributed by atoms with van der Waals surface area (Å²) in [7, 11) is 1.37. The highest BCUT2D eigenvalue weighted by Crippen LogP contribution is 2.62. The van der Waals surface area contributed by atoms with Gasteiger partial charge in [-0.25, -0.2) is 14.7 Å². The minimum Gasteiger partial charge on any atom is -0.507 e. The molecule has 3 aromatic carbocycles. The topological polar surface area (TPSA) is 187 Å². The van der Waals surface area contributed by atoms with Crippen molar-refractivity contribution in [3.05, 3.63) is 123 Å². The van der Waals surface area contributed by atoms with E-state index in [-0.39, 0.29) is 30.0 Å². The lowest BCUT2D eigenvalue weighted by atomic mass is 9.50. The Hall–Kier alpha value is -6.39. The fourth-order valence-electron chi connectivity index (χ4n) is 9.13. The third-order valence-corrected chi connectivity index (χ3v) is 12.3. The molecule has 3 heterocycles. The average Bonchev–Trinajstić information content (AvgIpc) is 3.58. The fraction of sp³-hybridized carbons (Fsp3) is 0.238. The molecule has 3 fully saturated rings. The molecule has 60 heavy (non-hydrogen) atoms. The van der Waals surface area contributed by atoms with Crippen LogP contribution in [0.25, 0.3) is 6.08 Å². The second-order valence-corrected chi connectivity index (χ2v) is 15.6. The molecule has 6 unspecified atom stereocenters. The SMILES string of the molecule is COc1cc(C=CC2C3=CCC4C(=O)N(c5ccc(C(=O)O)c(O)c5)C(=O)C4C3CC3C(=O)N(Nc4ncc(C(F)(F)F)cc4Cl)C(=O)C23c2ccc(Cl)cc2)ccc1O. The van der Waals surface area contributed by atoms with E-state index >= 15 is 4.79 Å². The first-order valence-corrected chi connectivity index (χ1v) is 19.1. The molecular formula is C42H31Cl2F3N4O9. The number of hydrazine groups is 1. The van der Waals surface area contributed by atoms with E-state index in [9.17, 15) is 47.7 Å². The minimum absolute atomic E-state index is 0.0324. The van der Waals surface area contributed by atoms with Crippen LogP contribution in [-0.2, 0) is 30.8 Å². The molecule has 0 radical (unpaired) electrons. The van der Waals surface area contributed by atoms with E-state index < -0.39 is 98.5 Å². The van der Waals surface area contributed by atoms with Gasteiger partial charge in [-0.05, 0) is 72.4 Å². The number of alkyl halides is 3. The second kappa shape index (κ2) is 14.7. The summed E-state index contributed by atoms with van der Waals surface area (Å²) in [5.41, 5.74) is 0.518. The number of carbonyl (C=O) groups excluding carboxylic acids is 4. The molecule has 0 bridgehead atoms. The van der Waals surface area contributed by atoms with Crippen molar-refractivity contribution in [2.75, 3.05) is 17.4 Å². The van der Waals surface area contributed by atoms with Crippen molar-refractivity contribution >= 4 is 70.4 Å². The average molecular weight is 864 g/mol. The number of aromatic hydroxyl groups is 2. The normalized spacial score (nSPS) is 25.0. The van der Waals surface area contributed by atoms with Gasteiger partial charge in [-0.15, -0.1) is 0 Å². The molecule has 4 aliphatic rings. The molecular weight excluding hydrogens is 832 g/mol. The predicted molar refractivity (Wildman–Crippen MR) is 209 cm³/mol. The maximum Gasteiger partial charge on any atom is 0.417 e. The number of phenolic OH excluding ortho intramolecular Hbond substituents is 1. The molecule has 4 amide bonds. The third-order valence-electron chi connectivity index (χ3n) is 11.8. The van der Waals surface area contributed by atoms with Crippen LogP contribution in [0.4, 0.5) is 24.7 Å². The van der Waals surface area contributed by atoms with E-state index in [0.29, 0.717) is 39.0 Å². The molecule has 4 N–H and O–H groups in total. The Balaban J connectivity index is 1.28. The summed E-state index contributed by atoms with van der Waals surface area (Å²) in [5.74, 6) is -10.6. The van der Waals surface area contributed by atoms with Gasteiger partial charge in [0, 0.05) is 23.2 Å². The summed E-state index contributed by atoms with van der Waals surface area (Å²) in [5, 5.41) is 30.6. The maximum atomic E-state index is 15.3.